The zero-order chi connectivity index (χ0) is 21.9. The van der Waals surface area contributed by atoms with Crippen LogP contribution in [-0.2, 0) is 28.4 Å². The van der Waals surface area contributed by atoms with Crippen LogP contribution in [0, 0.1) is 6.92 Å². The second kappa shape index (κ2) is 8.37. The van der Waals surface area contributed by atoms with Gasteiger partial charge in [0, 0.05) is 30.7 Å². The zero-order valence-electron chi connectivity index (χ0n) is 16.3. The van der Waals surface area contributed by atoms with E-state index in [1.807, 2.05) is 6.92 Å². The van der Waals surface area contributed by atoms with E-state index in [1.54, 1.807) is 12.1 Å². The highest BCUT2D eigenvalue weighted by atomic mass is 32.2. The average molecular weight is 428 g/mol. The van der Waals surface area contributed by atoms with Crippen molar-refractivity contribution in [3.8, 4) is 0 Å². The van der Waals surface area contributed by atoms with E-state index < -0.39 is 27.2 Å². The summed E-state index contributed by atoms with van der Waals surface area (Å²) in [7, 11) is -2.39. The molecule has 0 atom stereocenters. The predicted molar refractivity (Wildman–Crippen MR) is 113 cm³/mol. The van der Waals surface area contributed by atoms with Crippen LogP contribution in [0.1, 0.15) is 5.56 Å². The lowest BCUT2D eigenvalue weighted by Gasteiger charge is -2.10. The number of nitrogens with one attached hydrogen (secondary N) is 2. The molecule has 2 aromatic carbocycles. The lowest BCUT2D eigenvalue weighted by Crippen LogP contribution is -2.38. The summed E-state index contributed by atoms with van der Waals surface area (Å²) in [6.07, 6.45) is 1.26. The van der Waals surface area contributed by atoms with Gasteiger partial charge in [0.1, 0.15) is 6.54 Å². The molecule has 0 radical (unpaired) electrons. The van der Waals surface area contributed by atoms with Crippen LogP contribution in [0.15, 0.2) is 75.3 Å². The summed E-state index contributed by atoms with van der Waals surface area (Å²) < 4.78 is 29.3. The Morgan fingerprint density at radius 1 is 0.933 bits per heavy atom. The number of carbonyl (C=O) groups is 1. The van der Waals surface area contributed by atoms with Crippen LogP contribution < -0.4 is 21.3 Å². The van der Waals surface area contributed by atoms with Gasteiger partial charge in [-0.2, -0.15) is 0 Å². The summed E-state index contributed by atoms with van der Waals surface area (Å²) in [4.78, 5) is 35.7. The van der Waals surface area contributed by atoms with E-state index in [4.69, 9.17) is 0 Å². The van der Waals surface area contributed by atoms with Crippen molar-refractivity contribution in [1.82, 2.24) is 9.13 Å². The van der Waals surface area contributed by atoms with Crippen molar-refractivity contribution in [3.05, 3.63) is 87.2 Å². The molecule has 0 unspecified atom stereocenters. The van der Waals surface area contributed by atoms with E-state index in [-0.39, 0.29) is 11.4 Å². The first-order valence-corrected chi connectivity index (χ1v) is 10.4. The molecule has 0 aliphatic heterocycles. The maximum atomic E-state index is 12.4. The first-order chi connectivity index (χ1) is 14.2. The SMILES string of the molecule is Cc1ccc(S(=O)(=O)Nc2ccc(NC(=O)Cn3ccc(=O)n(C)c3=O)cc2)cc1. The molecule has 3 rings (SSSR count). The Balaban J connectivity index is 1.66. The van der Waals surface area contributed by atoms with Gasteiger partial charge in [-0.15, -0.1) is 0 Å². The summed E-state index contributed by atoms with van der Waals surface area (Å²) in [5.74, 6) is -0.469. The van der Waals surface area contributed by atoms with Crippen molar-refractivity contribution in [1.29, 1.82) is 0 Å². The molecule has 10 heteroatoms. The maximum absolute atomic E-state index is 12.4. The molecule has 0 saturated carbocycles. The minimum atomic E-state index is -3.72. The van der Waals surface area contributed by atoms with Crippen molar-refractivity contribution in [2.24, 2.45) is 7.05 Å². The molecule has 0 bridgehead atoms. The second-order valence-electron chi connectivity index (χ2n) is 6.67. The number of hydrogen-bond acceptors (Lipinski definition) is 5. The number of amides is 1. The van der Waals surface area contributed by atoms with E-state index in [0.29, 0.717) is 11.4 Å². The first-order valence-electron chi connectivity index (χ1n) is 8.91. The van der Waals surface area contributed by atoms with Gasteiger partial charge in [-0.25, -0.2) is 13.2 Å². The largest absolute Gasteiger partial charge is 0.331 e. The van der Waals surface area contributed by atoms with E-state index >= 15 is 0 Å². The maximum Gasteiger partial charge on any atom is 0.331 e. The van der Waals surface area contributed by atoms with E-state index in [9.17, 15) is 22.8 Å². The van der Waals surface area contributed by atoms with Crippen LogP contribution in [0.5, 0.6) is 0 Å². The van der Waals surface area contributed by atoms with E-state index in [1.165, 1.54) is 55.7 Å². The number of rotatable bonds is 6. The Kier molecular flexibility index (Phi) is 5.88. The Morgan fingerprint density at radius 2 is 1.53 bits per heavy atom. The normalized spacial score (nSPS) is 11.1. The van der Waals surface area contributed by atoms with Crippen molar-refractivity contribution in [2.45, 2.75) is 18.4 Å². The predicted octanol–water partition coefficient (Wildman–Crippen LogP) is 1.29. The number of sulfonamides is 1. The van der Waals surface area contributed by atoms with Gasteiger partial charge in [0.2, 0.25) is 5.91 Å². The molecule has 0 aliphatic carbocycles. The second-order valence-corrected chi connectivity index (χ2v) is 8.35. The molecule has 0 aliphatic rings. The fraction of sp³-hybridized carbons (Fsp3) is 0.150. The zero-order valence-corrected chi connectivity index (χ0v) is 17.1. The van der Waals surface area contributed by atoms with Crippen molar-refractivity contribution in [3.63, 3.8) is 0 Å². The molecule has 1 aromatic heterocycles. The molecule has 0 fully saturated rings. The minimum absolute atomic E-state index is 0.146. The van der Waals surface area contributed by atoms with Crippen LogP contribution in [0.4, 0.5) is 11.4 Å². The highest BCUT2D eigenvalue weighted by Gasteiger charge is 2.14. The summed E-state index contributed by atoms with van der Waals surface area (Å²) in [5.41, 5.74) is 0.659. The summed E-state index contributed by atoms with van der Waals surface area (Å²) in [6.45, 7) is 1.60. The van der Waals surface area contributed by atoms with Gasteiger partial charge in [-0.3, -0.25) is 23.4 Å². The highest BCUT2D eigenvalue weighted by Crippen LogP contribution is 2.18. The molecule has 1 heterocycles. The van der Waals surface area contributed by atoms with Crippen LogP contribution in [0.3, 0.4) is 0 Å². The number of aromatic nitrogens is 2. The quantitative estimate of drug-likeness (QED) is 0.613. The summed E-state index contributed by atoms with van der Waals surface area (Å²) >= 11 is 0. The fourth-order valence-corrected chi connectivity index (χ4v) is 3.70. The van der Waals surface area contributed by atoms with Gasteiger partial charge in [0.05, 0.1) is 4.90 Å². The number of nitrogens with zero attached hydrogens (tertiary/aromatic N) is 2. The van der Waals surface area contributed by atoms with Crippen molar-refractivity contribution < 1.29 is 13.2 Å². The molecule has 0 saturated heterocycles. The smallest absolute Gasteiger partial charge is 0.325 e. The Labute approximate surface area is 172 Å². The third-order valence-corrected chi connectivity index (χ3v) is 5.72. The molecular formula is C20H20N4O5S. The van der Waals surface area contributed by atoms with Crippen LogP contribution in [0.25, 0.3) is 0 Å². The number of hydrogen-bond donors (Lipinski definition) is 2. The number of aryl methyl sites for hydroxylation is 1. The summed E-state index contributed by atoms with van der Waals surface area (Å²) in [5, 5.41) is 2.62. The minimum Gasteiger partial charge on any atom is -0.325 e. The molecule has 156 valence electrons. The van der Waals surface area contributed by atoms with Gasteiger partial charge >= 0.3 is 5.69 Å². The Bertz CT molecular complexity index is 1290. The Morgan fingerprint density at radius 3 is 2.17 bits per heavy atom. The van der Waals surface area contributed by atoms with Crippen LogP contribution in [-0.4, -0.2) is 23.5 Å². The van der Waals surface area contributed by atoms with Gasteiger partial charge < -0.3 is 5.32 Å². The first kappa shape index (κ1) is 21.1. The van der Waals surface area contributed by atoms with Crippen LogP contribution >= 0.6 is 0 Å². The van der Waals surface area contributed by atoms with Gasteiger partial charge in [-0.05, 0) is 43.3 Å². The molecule has 9 nitrogen and oxygen atoms in total. The molecule has 0 spiro atoms. The number of anilines is 2. The summed E-state index contributed by atoms with van der Waals surface area (Å²) in [6, 6.07) is 13.8. The Hall–Kier alpha value is -3.66. The van der Waals surface area contributed by atoms with Crippen LogP contribution in [0.2, 0.25) is 0 Å². The highest BCUT2D eigenvalue weighted by molar-refractivity contribution is 7.92. The standard InChI is InChI=1S/C20H20N4O5S/c1-14-3-9-17(10-4-14)30(28,29)22-16-7-5-15(6-8-16)21-18(25)13-24-12-11-19(26)23(2)20(24)27/h3-12,22H,13H2,1-2H3,(H,21,25). The molecule has 2 N–H and O–H groups in total. The average Bonchev–Trinajstić information content (AvgIpc) is 2.70. The van der Waals surface area contributed by atoms with Gasteiger partial charge in [0.15, 0.2) is 0 Å². The number of carbonyl (C=O) groups excluding carboxylic acids is 1. The fourth-order valence-electron chi connectivity index (χ4n) is 2.64. The number of benzene rings is 2. The third-order valence-electron chi connectivity index (χ3n) is 4.33. The lowest BCUT2D eigenvalue weighted by atomic mass is 10.2. The topological polar surface area (TPSA) is 119 Å². The molecular weight excluding hydrogens is 408 g/mol. The van der Waals surface area contributed by atoms with Gasteiger partial charge in [-0.1, -0.05) is 17.7 Å². The molecule has 3 aromatic rings. The molecule has 30 heavy (non-hydrogen) atoms. The van der Waals surface area contributed by atoms with Gasteiger partial charge in [0.25, 0.3) is 15.6 Å². The molecule has 1 amide bonds. The van der Waals surface area contributed by atoms with E-state index in [2.05, 4.69) is 10.0 Å². The lowest BCUT2D eigenvalue weighted by molar-refractivity contribution is -0.116. The van der Waals surface area contributed by atoms with Crippen molar-refractivity contribution >= 4 is 27.3 Å². The van der Waals surface area contributed by atoms with E-state index in [0.717, 1.165) is 14.7 Å². The van der Waals surface area contributed by atoms with Crippen molar-refractivity contribution in [2.75, 3.05) is 10.0 Å². The monoisotopic (exact) mass is 428 g/mol. The third kappa shape index (κ3) is 4.84.